The quantitative estimate of drug-likeness (QED) is 0.152. The second-order valence-corrected chi connectivity index (χ2v) is 10.4. The lowest BCUT2D eigenvalue weighted by Gasteiger charge is -2.38. The summed E-state index contributed by atoms with van der Waals surface area (Å²) in [4.78, 5) is 16.1. The van der Waals surface area contributed by atoms with Crippen LogP contribution in [0.2, 0.25) is 0 Å². The molecule has 0 aliphatic rings. The van der Waals surface area contributed by atoms with Crippen LogP contribution in [-0.4, -0.2) is 31.6 Å². The van der Waals surface area contributed by atoms with E-state index in [0.717, 1.165) is 26.6 Å². The topological polar surface area (TPSA) is 68.6 Å². The number of aromatic nitrogens is 5. The van der Waals surface area contributed by atoms with E-state index in [4.69, 9.17) is 9.72 Å². The highest BCUT2D eigenvalue weighted by Crippen LogP contribution is 2.41. The van der Waals surface area contributed by atoms with E-state index < -0.39 is 5.54 Å². The number of rotatable bonds is 6. The van der Waals surface area contributed by atoms with Crippen molar-refractivity contribution >= 4 is 22.6 Å². The lowest BCUT2D eigenvalue weighted by Crippen LogP contribution is -2.38. The number of imidazole rings is 2. The molecule has 0 bridgehead atoms. The molecule has 6 rings (SSSR count). The van der Waals surface area contributed by atoms with Gasteiger partial charge in [-0.25, -0.2) is 15.0 Å². The van der Waals surface area contributed by atoms with Crippen LogP contribution < -0.4 is 4.74 Å². The Balaban J connectivity index is 0.000000194. The number of hydrogen-bond acceptors (Lipinski definition) is 4. The molecule has 0 amide bonds. The summed E-state index contributed by atoms with van der Waals surface area (Å²) >= 11 is 2.29. The van der Waals surface area contributed by atoms with Gasteiger partial charge in [-0.1, -0.05) is 91.0 Å². The zero-order valence-electron chi connectivity index (χ0n) is 22.6. The molecule has 0 aliphatic heterocycles. The van der Waals surface area contributed by atoms with Crippen LogP contribution in [-0.2, 0) is 5.54 Å². The van der Waals surface area contributed by atoms with Crippen LogP contribution in [0.4, 0.5) is 0 Å². The normalized spacial score (nSPS) is 11.0. The number of aromatic amines is 1. The van der Waals surface area contributed by atoms with Gasteiger partial charge in [0, 0.05) is 24.0 Å². The fourth-order valence-electron chi connectivity index (χ4n) is 4.96. The Hall–Kier alpha value is -4.24. The van der Waals surface area contributed by atoms with Gasteiger partial charge in [0.05, 0.1) is 19.0 Å². The maximum atomic E-state index is 4.97. The predicted molar refractivity (Wildman–Crippen MR) is 167 cm³/mol. The van der Waals surface area contributed by atoms with Crippen molar-refractivity contribution in [1.82, 2.24) is 24.5 Å². The van der Waals surface area contributed by atoms with Crippen LogP contribution >= 0.6 is 22.6 Å². The first-order valence-corrected chi connectivity index (χ1v) is 14.0. The van der Waals surface area contributed by atoms with Gasteiger partial charge >= 0.3 is 0 Å². The van der Waals surface area contributed by atoms with Crippen molar-refractivity contribution in [2.75, 3.05) is 7.11 Å². The molecule has 3 aromatic heterocycles. The zero-order valence-corrected chi connectivity index (χ0v) is 24.8. The molecule has 200 valence electrons. The van der Waals surface area contributed by atoms with E-state index in [9.17, 15) is 0 Å². The number of H-pyrrole nitrogens is 1. The highest BCUT2D eigenvalue weighted by molar-refractivity contribution is 14.1. The van der Waals surface area contributed by atoms with Crippen LogP contribution in [0, 0.1) is 17.5 Å². The summed E-state index contributed by atoms with van der Waals surface area (Å²) < 4.78 is 8.27. The van der Waals surface area contributed by atoms with Gasteiger partial charge < -0.3 is 14.3 Å². The Labute approximate surface area is 248 Å². The van der Waals surface area contributed by atoms with Gasteiger partial charge in [-0.15, -0.1) is 0 Å². The molecular formula is C33H30IN5O. The number of ether oxygens (including phenoxy) is 1. The molecule has 0 saturated carbocycles. The van der Waals surface area contributed by atoms with E-state index in [-0.39, 0.29) is 0 Å². The summed E-state index contributed by atoms with van der Waals surface area (Å²) in [5, 5.41) is 0. The standard InChI is InChI=1S/C23H19IN2.C10H11N3O/c1-18-25-22(24)17-26(18)23(19-11-5-2-6-12-19,20-13-7-3-8-14-20)21-15-9-4-10-16-21;1-7-11-6-9(13-7)8-3-4-10(14-2)12-5-8/h2-17H,1H3;3-6H,1-2H3,(H,11,13). The largest absolute Gasteiger partial charge is 0.481 e. The molecule has 6 nitrogen and oxygen atoms in total. The summed E-state index contributed by atoms with van der Waals surface area (Å²) in [7, 11) is 1.60. The van der Waals surface area contributed by atoms with Crippen molar-refractivity contribution < 1.29 is 4.74 Å². The molecule has 0 atom stereocenters. The Morgan fingerprint density at radius 2 is 1.27 bits per heavy atom. The van der Waals surface area contributed by atoms with Crippen LogP contribution in [0.25, 0.3) is 11.3 Å². The lowest BCUT2D eigenvalue weighted by atomic mass is 9.76. The van der Waals surface area contributed by atoms with Crippen molar-refractivity contribution in [2.45, 2.75) is 19.4 Å². The SMILES string of the molecule is COc1ccc(-c2cnc(C)[nH]2)cn1.Cc1nc(I)cn1C(c1ccccc1)(c1ccccc1)c1ccccc1. The van der Waals surface area contributed by atoms with Crippen molar-refractivity contribution in [3.05, 3.63) is 154 Å². The third-order valence-corrected chi connectivity index (χ3v) is 7.27. The maximum absolute atomic E-state index is 4.97. The van der Waals surface area contributed by atoms with E-state index >= 15 is 0 Å². The van der Waals surface area contributed by atoms with Gasteiger partial charge in [0.1, 0.15) is 20.9 Å². The van der Waals surface area contributed by atoms with E-state index in [2.05, 4.69) is 146 Å². The van der Waals surface area contributed by atoms with Crippen molar-refractivity contribution in [3.8, 4) is 17.1 Å². The van der Waals surface area contributed by atoms with Gasteiger partial charge in [0.15, 0.2) is 0 Å². The maximum Gasteiger partial charge on any atom is 0.212 e. The van der Waals surface area contributed by atoms with Crippen LogP contribution in [0.15, 0.2) is 122 Å². The van der Waals surface area contributed by atoms with Gasteiger partial charge in [0.2, 0.25) is 5.88 Å². The number of pyridine rings is 1. The van der Waals surface area contributed by atoms with Gasteiger partial charge in [-0.2, -0.15) is 0 Å². The molecule has 6 aromatic rings. The fourth-order valence-corrected chi connectivity index (χ4v) is 5.59. The molecule has 0 fully saturated rings. The Bertz CT molecular complexity index is 1550. The van der Waals surface area contributed by atoms with E-state index in [1.165, 1.54) is 16.7 Å². The van der Waals surface area contributed by atoms with Gasteiger partial charge in [0.25, 0.3) is 0 Å². The summed E-state index contributed by atoms with van der Waals surface area (Å²) in [6, 6.07) is 35.8. The zero-order chi connectivity index (χ0) is 28.0. The van der Waals surface area contributed by atoms with Crippen LogP contribution in [0.5, 0.6) is 5.88 Å². The molecule has 40 heavy (non-hydrogen) atoms. The number of nitrogens with one attached hydrogen (secondary N) is 1. The summed E-state index contributed by atoms with van der Waals surface area (Å²) in [6.45, 7) is 3.99. The first-order chi connectivity index (χ1) is 19.5. The molecule has 0 spiro atoms. The molecule has 0 saturated heterocycles. The number of nitrogens with zero attached hydrogens (tertiary/aromatic N) is 4. The molecule has 7 heteroatoms. The van der Waals surface area contributed by atoms with Crippen LogP contribution in [0.1, 0.15) is 28.3 Å². The molecule has 0 unspecified atom stereocenters. The highest BCUT2D eigenvalue weighted by Gasteiger charge is 2.39. The molecule has 0 radical (unpaired) electrons. The fraction of sp³-hybridized carbons (Fsp3) is 0.121. The molecular weight excluding hydrogens is 609 g/mol. The minimum atomic E-state index is -0.468. The van der Waals surface area contributed by atoms with Crippen molar-refractivity contribution in [2.24, 2.45) is 0 Å². The number of methoxy groups -OCH3 is 1. The first-order valence-electron chi connectivity index (χ1n) is 12.9. The second-order valence-electron chi connectivity index (χ2n) is 9.26. The van der Waals surface area contributed by atoms with Crippen LogP contribution in [0.3, 0.4) is 0 Å². The predicted octanol–water partition coefficient (Wildman–Crippen LogP) is 7.43. The molecule has 3 aromatic carbocycles. The van der Waals surface area contributed by atoms with E-state index in [1.807, 2.05) is 19.1 Å². The second kappa shape index (κ2) is 12.3. The Morgan fingerprint density at radius 1 is 0.725 bits per heavy atom. The lowest BCUT2D eigenvalue weighted by molar-refractivity contribution is 0.398. The van der Waals surface area contributed by atoms with Crippen molar-refractivity contribution in [3.63, 3.8) is 0 Å². The van der Waals surface area contributed by atoms with E-state index in [0.29, 0.717) is 5.88 Å². The average Bonchev–Trinajstić information content (AvgIpc) is 3.60. The number of aryl methyl sites for hydroxylation is 2. The number of hydrogen-bond donors (Lipinski definition) is 1. The van der Waals surface area contributed by atoms with Crippen molar-refractivity contribution in [1.29, 1.82) is 0 Å². The van der Waals surface area contributed by atoms with E-state index in [1.54, 1.807) is 19.5 Å². The average molecular weight is 640 g/mol. The summed E-state index contributed by atoms with van der Waals surface area (Å²) in [5.74, 6) is 2.51. The Kier molecular flexibility index (Phi) is 8.40. The number of halogens is 1. The summed E-state index contributed by atoms with van der Waals surface area (Å²) in [6.07, 6.45) is 5.69. The molecule has 1 N–H and O–H groups in total. The Morgan fingerprint density at radius 3 is 1.65 bits per heavy atom. The highest BCUT2D eigenvalue weighted by atomic mass is 127. The smallest absolute Gasteiger partial charge is 0.212 e. The first kappa shape index (κ1) is 27.3. The minimum absolute atomic E-state index is 0.468. The number of benzene rings is 3. The third kappa shape index (κ3) is 5.56. The van der Waals surface area contributed by atoms with Gasteiger partial charge in [-0.3, -0.25) is 0 Å². The minimum Gasteiger partial charge on any atom is -0.481 e. The summed E-state index contributed by atoms with van der Waals surface area (Å²) in [5.41, 5.74) is 5.16. The van der Waals surface area contributed by atoms with Gasteiger partial charge in [-0.05, 0) is 59.2 Å². The molecule has 0 aliphatic carbocycles. The molecule has 3 heterocycles. The third-order valence-electron chi connectivity index (χ3n) is 6.75. The monoisotopic (exact) mass is 639 g/mol.